The first-order valence-corrected chi connectivity index (χ1v) is 13.7. The predicted octanol–water partition coefficient (Wildman–Crippen LogP) is 2.54. The van der Waals surface area contributed by atoms with Crippen molar-refractivity contribution in [2.75, 3.05) is 13.1 Å². The number of hydrogen-bond acceptors (Lipinski definition) is 6. The number of hydrogen-bond donors (Lipinski definition) is 4. The lowest BCUT2D eigenvalue weighted by Gasteiger charge is -2.38. The van der Waals surface area contributed by atoms with Crippen LogP contribution in [-0.4, -0.2) is 56.6 Å². The summed E-state index contributed by atoms with van der Waals surface area (Å²) in [6, 6.07) is 14.9. The van der Waals surface area contributed by atoms with Crippen molar-refractivity contribution >= 4 is 67.2 Å². The highest BCUT2D eigenvalue weighted by atomic mass is 16.6. The van der Waals surface area contributed by atoms with E-state index in [0.29, 0.717) is 38.3 Å². The molecule has 0 saturated carbocycles. The van der Waals surface area contributed by atoms with Gasteiger partial charge in [0.25, 0.3) is 17.7 Å². The summed E-state index contributed by atoms with van der Waals surface area (Å²) in [5.41, 5.74) is -0.396. The molecule has 4 N–H and O–H groups in total. The summed E-state index contributed by atoms with van der Waals surface area (Å²) >= 11 is 0. The molecule has 11 heteroatoms. The van der Waals surface area contributed by atoms with E-state index < -0.39 is 35.3 Å². The SMILES string of the molecule is C=CC(=O)NCCNC(=O)[C@@]1(O)CC2O[C@]1(C)n1c3ccccc3c3c4c(c5c6ccccc6n2c5c31)C(=O)NC4=O. The van der Waals surface area contributed by atoms with E-state index in [0.717, 1.165) is 17.0 Å². The Morgan fingerprint density at radius 2 is 1.60 bits per heavy atom. The van der Waals surface area contributed by atoms with Gasteiger partial charge in [0, 0.05) is 41.1 Å². The molecule has 210 valence electrons. The lowest BCUT2D eigenvalue weighted by Crippen LogP contribution is -2.60. The van der Waals surface area contributed by atoms with Gasteiger partial charge in [-0.3, -0.25) is 24.5 Å². The standard InChI is InChI=1S/C31H25N5O6/c1-3-19(37)32-12-13-33-29(40)31(41)14-20-35-17-10-6-4-8-15(17)21-23-24(28(39)34-27(23)38)22-16-9-5-7-11-18(16)36(26(22)25(21)35)30(31,2)42-20/h3-11,20,41H,1,12-14H2,2H3,(H,32,37)(H,33,40)(H,34,38,39)/t20?,30-,31-/m0/s1. The van der Waals surface area contributed by atoms with Crippen LogP contribution in [0.15, 0.2) is 61.2 Å². The number of aromatic nitrogens is 2. The second kappa shape index (κ2) is 8.05. The zero-order chi connectivity index (χ0) is 29.1. The lowest BCUT2D eigenvalue weighted by atomic mass is 9.87. The van der Waals surface area contributed by atoms with Crippen molar-refractivity contribution in [3.8, 4) is 0 Å². The highest BCUT2D eigenvalue weighted by Gasteiger charge is 2.65. The normalized spacial score (nSPS) is 24.0. The van der Waals surface area contributed by atoms with Crippen LogP contribution in [0.2, 0.25) is 0 Å². The summed E-state index contributed by atoms with van der Waals surface area (Å²) in [6.07, 6.45) is 0.270. The van der Waals surface area contributed by atoms with Crippen molar-refractivity contribution in [3.63, 3.8) is 0 Å². The number of aliphatic hydroxyl groups is 1. The summed E-state index contributed by atoms with van der Waals surface area (Å²) in [6.45, 7) is 5.32. The monoisotopic (exact) mass is 563 g/mol. The minimum Gasteiger partial charge on any atom is -0.376 e. The van der Waals surface area contributed by atoms with Crippen molar-refractivity contribution in [3.05, 3.63) is 72.3 Å². The molecule has 0 radical (unpaired) electrons. The number of ether oxygens (including phenoxy) is 1. The first-order chi connectivity index (χ1) is 20.2. The Balaban J connectivity index is 1.46. The molecule has 5 aromatic rings. The number of carbonyl (C=O) groups excluding carboxylic acids is 4. The first kappa shape index (κ1) is 24.8. The van der Waals surface area contributed by atoms with E-state index >= 15 is 0 Å². The number of nitrogens with zero attached hydrogens (tertiary/aromatic N) is 2. The molecule has 3 aliphatic rings. The summed E-state index contributed by atoms with van der Waals surface area (Å²) in [5, 5.41) is 22.9. The Hall–Kier alpha value is -5.00. The maximum absolute atomic E-state index is 13.9. The first-order valence-electron chi connectivity index (χ1n) is 13.7. The molecule has 3 aromatic carbocycles. The van der Waals surface area contributed by atoms with Crippen molar-refractivity contribution in [2.24, 2.45) is 0 Å². The average Bonchev–Trinajstić information content (AvgIpc) is 3.65. The molecule has 1 saturated heterocycles. The molecule has 2 bridgehead atoms. The number of fused-ring (bicyclic) bond motifs is 13. The van der Waals surface area contributed by atoms with Crippen LogP contribution >= 0.6 is 0 Å². The number of para-hydroxylation sites is 2. The molecule has 8 rings (SSSR count). The quantitative estimate of drug-likeness (QED) is 0.147. The van der Waals surface area contributed by atoms with Gasteiger partial charge in [0.2, 0.25) is 5.91 Å². The number of rotatable bonds is 5. The van der Waals surface area contributed by atoms with Gasteiger partial charge in [-0.15, -0.1) is 0 Å². The van der Waals surface area contributed by atoms with Gasteiger partial charge in [-0.2, -0.15) is 0 Å². The molecule has 5 heterocycles. The van der Waals surface area contributed by atoms with E-state index in [-0.39, 0.29) is 31.0 Å². The van der Waals surface area contributed by atoms with E-state index in [4.69, 9.17) is 4.74 Å². The fourth-order valence-electron chi connectivity index (χ4n) is 7.25. The Morgan fingerprint density at radius 3 is 2.29 bits per heavy atom. The van der Waals surface area contributed by atoms with E-state index in [1.807, 2.05) is 57.7 Å². The third-order valence-corrected chi connectivity index (χ3v) is 9.03. The molecule has 1 fully saturated rings. The van der Waals surface area contributed by atoms with Crippen LogP contribution in [-0.2, 0) is 20.1 Å². The van der Waals surface area contributed by atoms with E-state index in [9.17, 15) is 24.3 Å². The van der Waals surface area contributed by atoms with E-state index in [1.54, 1.807) is 6.92 Å². The van der Waals surface area contributed by atoms with Crippen molar-refractivity contribution in [1.82, 2.24) is 25.1 Å². The van der Waals surface area contributed by atoms with Crippen molar-refractivity contribution < 1.29 is 29.0 Å². The summed E-state index contributed by atoms with van der Waals surface area (Å²) in [5.74, 6) is -1.98. The van der Waals surface area contributed by atoms with Gasteiger partial charge in [-0.05, 0) is 25.1 Å². The molecule has 3 atom stereocenters. The van der Waals surface area contributed by atoms with Crippen LogP contribution in [0.1, 0.15) is 40.3 Å². The number of benzene rings is 3. The van der Waals surface area contributed by atoms with Gasteiger partial charge in [-0.25, -0.2) is 0 Å². The van der Waals surface area contributed by atoms with E-state index in [1.165, 1.54) is 0 Å². The third-order valence-electron chi connectivity index (χ3n) is 9.03. The predicted molar refractivity (Wildman–Crippen MR) is 154 cm³/mol. The topological polar surface area (TPSA) is 144 Å². The van der Waals surface area contributed by atoms with Crippen LogP contribution in [0.5, 0.6) is 0 Å². The molecule has 3 aliphatic heterocycles. The molecule has 42 heavy (non-hydrogen) atoms. The molecule has 11 nitrogen and oxygen atoms in total. The fourth-order valence-corrected chi connectivity index (χ4v) is 7.25. The number of amides is 4. The van der Waals surface area contributed by atoms with Crippen LogP contribution in [0.4, 0.5) is 0 Å². The van der Waals surface area contributed by atoms with Gasteiger partial charge in [0.15, 0.2) is 11.3 Å². The minimum atomic E-state index is -2.05. The van der Waals surface area contributed by atoms with Crippen molar-refractivity contribution in [1.29, 1.82) is 0 Å². The summed E-state index contributed by atoms with van der Waals surface area (Å²) in [7, 11) is 0. The van der Waals surface area contributed by atoms with Crippen LogP contribution in [0.3, 0.4) is 0 Å². The molecule has 1 unspecified atom stereocenters. The van der Waals surface area contributed by atoms with Gasteiger partial charge < -0.3 is 29.6 Å². The third kappa shape index (κ3) is 2.76. The van der Waals surface area contributed by atoms with Gasteiger partial charge >= 0.3 is 0 Å². The molecule has 4 amide bonds. The maximum Gasteiger partial charge on any atom is 0.259 e. The molecular weight excluding hydrogens is 538 g/mol. The van der Waals surface area contributed by atoms with Gasteiger partial charge in [0.1, 0.15) is 6.23 Å². The van der Waals surface area contributed by atoms with E-state index in [2.05, 4.69) is 22.5 Å². The molecule has 0 aliphatic carbocycles. The Morgan fingerprint density at radius 1 is 1.00 bits per heavy atom. The molecule has 2 aromatic heterocycles. The summed E-state index contributed by atoms with van der Waals surface area (Å²) in [4.78, 5) is 52.1. The second-order valence-electron chi connectivity index (χ2n) is 11.1. The number of nitrogens with one attached hydrogen (secondary N) is 3. The second-order valence-corrected chi connectivity index (χ2v) is 11.1. The van der Waals surface area contributed by atoms with Gasteiger partial charge in [0.05, 0.1) is 33.2 Å². The number of imide groups is 1. The highest BCUT2D eigenvalue weighted by molar-refractivity contribution is 6.39. The molecule has 0 spiro atoms. The Kier molecular flexibility index (Phi) is 4.75. The van der Waals surface area contributed by atoms with Crippen LogP contribution in [0, 0.1) is 0 Å². The lowest BCUT2D eigenvalue weighted by molar-refractivity contribution is -0.187. The average molecular weight is 564 g/mol. The van der Waals surface area contributed by atoms with Crippen LogP contribution < -0.4 is 16.0 Å². The summed E-state index contributed by atoms with van der Waals surface area (Å²) < 4.78 is 10.5. The minimum absolute atomic E-state index is 0.0758. The fraction of sp³-hybridized carbons (Fsp3) is 0.226. The zero-order valence-corrected chi connectivity index (χ0v) is 22.5. The molecular formula is C31H25N5O6. The van der Waals surface area contributed by atoms with Crippen LogP contribution in [0.25, 0.3) is 43.6 Å². The van der Waals surface area contributed by atoms with Crippen molar-refractivity contribution in [2.45, 2.75) is 30.9 Å². The Bertz CT molecular complexity index is 2120. The van der Waals surface area contributed by atoms with Gasteiger partial charge in [-0.1, -0.05) is 43.0 Å². The zero-order valence-electron chi connectivity index (χ0n) is 22.5. The highest BCUT2D eigenvalue weighted by Crippen LogP contribution is 2.57. The maximum atomic E-state index is 13.9. The Labute approximate surface area is 237 Å². The smallest absolute Gasteiger partial charge is 0.259 e. The largest absolute Gasteiger partial charge is 0.376 e. The number of carbonyl (C=O) groups is 4.